The number of nitrogens with zero attached hydrogens (tertiary/aromatic N) is 1. The van der Waals surface area contributed by atoms with E-state index in [9.17, 15) is 27.2 Å². The number of hydrogen-bond donors (Lipinski definition) is 1. The minimum absolute atomic E-state index is 0.163. The number of methoxy groups -OCH3 is 1. The molecule has 1 aromatic rings. The maximum atomic E-state index is 13.9. The second kappa shape index (κ2) is 8.41. The molecule has 192 valence electrons. The van der Waals surface area contributed by atoms with E-state index in [0.29, 0.717) is 23.4 Å². The summed E-state index contributed by atoms with van der Waals surface area (Å²) in [5, 5.41) is 3.05. The second-order valence-corrected chi connectivity index (χ2v) is 10.8. The van der Waals surface area contributed by atoms with Crippen molar-refractivity contribution in [3.8, 4) is 0 Å². The van der Waals surface area contributed by atoms with Gasteiger partial charge in [-0.05, 0) is 45.4 Å². The lowest BCUT2D eigenvalue weighted by molar-refractivity contribution is -0.146. The average molecular weight is 499 g/mol. The van der Waals surface area contributed by atoms with E-state index in [2.05, 4.69) is 5.32 Å². The van der Waals surface area contributed by atoms with Gasteiger partial charge in [0.05, 0.1) is 18.4 Å². The molecule has 0 atom stereocenters. The lowest BCUT2D eigenvalue weighted by Crippen LogP contribution is -2.50. The zero-order chi connectivity index (χ0) is 25.8. The van der Waals surface area contributed by atoms with Crippen molar-refractivity contribution >= 4 is 23.4 Å². The first-order valence-electron chi connectivity index (χ1n) is 11.6. The van der Waals surface area contributed by atoms with E-state index in [-0.39, 0.29) is 37.8 Å². The van der Waals surface area contributed by atoms with Crippen LogP contribution in [0.3, 0.4) is 0 Å². The summed E-state index contributed by atoms with van der Waals surface area (Å²) >= 11 is 0. The highest BCUT2D eigenvalue weighted by Gasteiger charge is 2.57. The molecule has 1 heterocycles. The van der Waals surface area contributed by atoms with Crippen molar-refractivity contribution in [1.82, 2.24) is 4.90 Å². The van der Waals surface area contributed by atoms with Crippen molar-refractivity contribution in [2.45, 2.75) is 76.4 Å². The minimum Gasteiger partial charge on any atom is -0.465 e. The third kappa shape index (κ3) is 5.41. The van der Waals surface area contributed by atoms with Crippen molar-refractivity contribution in [1.29, 1.82) is 0 Å². The molecule has 1 aromatic carbocycles. The number of halogens is 4. The molecule has 2 fully saturated rings. The summed E-state index contributed by atoms with van der Waals surface area (Å²) in [6, 6.07) is 4.00. The number of rotatable bonds is 4. The van der Waals surface area contributed by atoms with Crippen LogP contribution < -0.4 is 5.32 Å². The largest absolute Gasteiger partial charge is 0.465 e. The average Bonchev–Trinajstić information content (AvgIpc) is 2.69. The highest BCUT2D eigenvalue weighted by molar-refractivity contribution is 5.93. The van der Waals surface area contributed by atoms with Crippen LogP contribution in [-0.2, 0) is 9.47 Å². The van der Waals surface area contributed by atoms with Crippen molar-refractivity contribution in [3.05, 3.63) is 35.4 Å². The summed E-state index contributed by atoms with van der Waals surface area (Å²) in [5.74, 6) is -6.16. The topological polar surface area (TPSA) is 67.9 Å². The van der Waals surface area contributed by atoms with Gasteiger partial charge in [-0.3, -0.25) is 4.90 Å². The van der Waals surface area contributed by atoms with Gasteiger partial charge in [-0.2, -0.15) is 0 Å². The summed E-state index contributed by atoms with van der Waals surface area (Å²) in [5.41, 5.74) is -0.238. The third-order valence-electron chi connectivity index (χ3n) is 6.57. The molecule has 6 nitrogen and oxygen atoms in total. The zero-order valence-corrected chi connectivity index (χ0v) is 20.2. The summed E-state index contributed by atoms with van der Waals surface area (Å²) in [4.78, 5) is 26.6. The minimum atomic E-state index is -2.77. The van der Waals surface area contributed by atoms with Crippen molar-refractivity contribution in [2.24, 2.45) is 5.41 Å². The monoisotopic (exact) mass is 498 g/mol. The Labute approximate surface area is 201 Å². The summed E-state index contributed by atoms with van der Waals surface area (Å²) < 4.78 is 65.1. The Morgan fingerprint density at radius 3 is 2.29 bits per heavy atom. The van der Waals surface area contributed by atoms with Gasteiger partial charge in [0.2, 0.25) is 5.92 Å². The molecule has 1 aliphatic heterocycles. The van der Waals surface area contributed by atoms with Crippen LogP contribution >= 0.6 is 0 Å². The molecule has 2 saturated carbocycles. The number of alkyl halides is 4. The number of allylic oxidation sites excluding steroid dienone is 1. The Balaban J connectivity index is 1.75. The predicted molar refractivity (Wildman–Crippen MR) is 122 cm³/mol. The number of benzene rings is 1. The molecule has 3 aliphatic rings. The Hall–Kier alpha value is -2.78. The predicted octanol–water partition coefficient (Wildman–Crippen LogP) is 6.08. The van der Waals surface area contributed by atoms with Crippen molar-refractivity contribution in [2.75, 3.05) is 19.0 Å². The van der Waals surface area contributed by atoms with Crippen LogP contribution in [0.15, 0.2) is 24.3 Å². The van der Waals surface area contributed by atoms with Gasteiger partial charge in [-0.15, -0.1) is 0 Å². The molecule has 0 unspecified atom stereocenters. The van der Waals surface area contributed by atoms with Crippen LogP contribution in [0.2, 0.25) is 0 Å². The van der Waals surface area contributed by atoms with E-state index in [0.717, 1.165) is 0 Å². The van der Waals surface area contributed by atoms with Crippen LogP contribution in [-0.4, -0.2) is 54.1 Å². The number of amides is 1. The fourth-order valence-electron chi connectivity index (χ4n) is 5.00. The molecule has 0 bridgehead atoms. The van der Waals surface area contributed by atoms with E-state index in [1.807, 2.05) is 0 Å². The van der Waals surface area contributed by atoms with Gasteiger partial charge >= 0.3 is 12.1 Å². The lowest BCUT2D eigenvalue weighted by Gasteiger charge is -2.50. The summed E-state index contributed by atoms with van der Waals surface area (Å²) in [7, 11) is 1.23. The molecular weight excluding hydrogens is 468 g/mol. The highest BCUT2D eigenvalue weighted by atomic mass is 19.3. The normalized spacial score (nSPS) is 22.5. The smallest absolute Gasteiger partial charge is 0.414 e. The molecule has 10 heteroatoms. The SMILES string of the molecule is COC(=O)c1ccc(C2=CC3(CCN2C(=O)OC(C)(C)C)CC(F)(F)C3)c(NC2CC(F)(F)C2)c1. The number of nitrogens with one attached hydrogen (secondary N) is 1. The Morgan fingerprint density at radius 2 is 1.74 bits per heavy atom. The molecular formula is C25H30F4N2O4. The van der Waals surface area contributed by atoms with Crippen LogP contribution in [0, 0.1) is 5.41 Å². The number of anilines is 1. The van der Waals surface area contributed by atoms with Crippen LogP contribution in [0.5, 0.6) is 0 Å². The molecule has 35 heavy (non-hydrogen) atoms. The van der Waals surface area contributed by atoms with Gasteiger partial charge in [0, 0.05) is 54.9 Å². The fraction of sp³-hybridized carbons (Fsp3) is 0.600. The van der Waals surface area contributed by atoms with Gasteiger partial charge in [0.25, 0.3) is 5.92 Å². The van der Waals surface area contributed by atoms with Gasteiger partial charge < -0.3 is 14.8 Å². The molecule has 1 amide bonds. The number of esters is 1. The van der Waals surface area contributed by atoms with E-state index >= 15 is 0 Å². The number of carbonyl (C=O) groups is 2. The number of ether oxygens (including phenoxy) is 2. The fourth-order valence-corrected chi connectivity index (χ4v) is 5.00. The quantitative estimate of drug-likeness (QED) is 0.403. The van der Waals surface area contributed by atoms with Gasteiger partial charge in [-0.25, -0.2) is 27.2 Å². The van der Waals surface area contributed by atoms with Crippen LogP contribution in [0.25, 0.3) is 5.70 Å². The summed E-state index contributed by atoms with van der Waals surface area (Å²) in [6.07, 6.45) is -0.0236. The first-order chi connectivity index (χ1) is 16.1. The second-order valence-electron chi connectivity index (χ2n) is 10.8. The first kappa shape index (κ1) is 25.3. The Bertz CT molecular complexity index is 1050. The molecule has 0 aromatic heterocycles. The van der Waals surface area contributed by atoms with Crippen LogP contribution in [0.4, 0.5) is 28.0 Å². The van der Waals surface area contributed by atoms with E-state index in [4.69, 9.17) is 9.47 Å². The summed E-state index contributed by atoms with van der Waals surface area (Å²) in [6.45, 7) is 5.33. The highest BCUT2D eigenvalue weighted by Crippen LogP contribution is 2.58. The lowest BCUT2D eigenvalue weighted by atomic mass is 9.62. The maximum absolute atomic E-state index is 13.9. The maximum Gasteiger partial charge on any atom is 0.414 e. The molecule has 2 aliphatic carbocycles. The number of carbonyl (C=O) groups excluding carboxylic acids is 2. The third-order valence-corrected chi connectivity index (χ3v) is 6.57. The molecule has 1 N–H and O–H groups in total. The number of hydrogen-bond acceptors (Lipinski definition) is 5. The van der Waals surface area contributed by atoms with Gasteiger partial charge in [0.15, 0.2) is 0 Å². The Morgan fingerprint density at radius 1 is 1.09 bits per heavy atom. The van der Waals surface area contributed by atoms with Crippen molar-refractivity contribution < 1.29 is 36.6 Å². The van der Waals surface area contributed by atoms with Gasteiger partial charge in [-0.1, -0.05) is 6.08 Å². The molecule has 0 radical (unpaired) electrons. The molecule has 1 spiro atoms. The van der Waals surface area contributed by atoms with E-state index in [1.54, 1.807) is 32.9 Å². The first-order valence-corrected chi connectivity index (χ1v) is 11.6. The molecule has 0 saturated heterocycles. The molecule has 4 rings (SSSR count). The van der Waals surface area contributed by atoms with Gasteiger partial charge in [0.1, 0.15) is 5.60 Å². The van der Waals surface area contributed by atoms with Crippen LogP contribution in [0.1, 0.15) is 68.8 Å². The Kier molecular flexibility index (Phi) is 6.08. The standard InChI is InChI=1S/C25H30F4N2O4/c1-22(2,3)35-21(33)31-8-7-23(13-25(28,29)14-23)12-19(31)17-6-5-15(20(32)34-4)9-18(17)30-16-10-24(26,27)11-16/h5-6,9,12,16,30H,7-8,10-11,13-14H2,1-4H3. The van der Waals surface area contributed by atoms with Crippen molar-refractivity contribution in [3.63, 3.8) is 0 Å². The van der Waals surface area contributed by atoms with E-state index in [1.165, 1.54) is 24.1 Å². The van der Waals surface area contributed by atoms with E-state index < -0.39 is 41.0 Å². The zero-order valence-electron chi connectivity index (χ0n) is 20.2.